The average molecular weight is 209 g/mol. The van der Waals surface area contributed by atoms with Crippen LogP contribution >= 0.6 is 12.4 Å². The first-order valence-corrected chi connectivity index (χ1v) is 4.52. The highest BCUT2D eigenvalue weighted by molar-refractivity contribution is 5.85. The van der Waals surface area contributed by atoms with E-state index in [4.69, 9.17) is 9.47 Å². The second-order valence-electron chi connectivity index (χ2n) is 3.23. The van der Waals surface area contributed by atoms with E-state index in [1.807, 2.05) is 13.8 Å². The van der Waals surface area contributed by atoms with Gasteiger partial charge in [0.1, 0.15) is 6.10 Å². The summed E-state index contributed by atoms with van der Waals surface area (Å²) in [5.74, 6) is -0.0707. The molecule has 0 N–H and O–H groups in total. The van der Waals surface area contributed by atoms with E-state index >= 15 is 0 Å². The molecule has 0 aromatic heterocycles. The molecule has 1 fully saturated rings. The molecule has 0 radical (unpaired) electrons. The van der Waals surface area contributed by atoms with Crippen LogP contribution < -0.4 is 0 Å². The molecule has 0 aromatic rings. The van der Waals surface area contributed by atoms with Crippen LogP contribution in [0.25, 0.3) is 0 Å². The molecular weight excluding hydrogens is 192 g/mol. The van der Waals surface area contributed by atoms with Crippen molar-refractivity contribution in [3.8, 4) is 0 Å². The minimum Gasteiger partial charge on any atom is -0.460 e. The van der Waals surface area contributed by atoms with Gasteiger partial charge in [0.2, 0.25) is 0 Å². The van der Waals surface area contributed by atoms with Gasteiger partial charge in [-0.3, -0.25) is 4.79 Å². The minimum atomic E-state index is -0.0898. The zero-order valence-corrected chi connectivity index (χ0v) is 8.93. The molecule has 2 unspecified atom stereocenters. The van der Waals surface area contributed by atoms with Crippen LogP contribution in [0.1, 0.15) is 26.7 Å². The molecule has 1 aliphatic heterocycles. The molecule has 1 aliphatic rings. The summed E-state index contributed by atoms with van der Waals surface area (Å²) in [6.45, 7) is 5.16. The van der Waals surface area contributed by atoms with Crippen molar-refractivity contribution in [3.05, 3.63) is 0 Å². The van der Waals surface area contributed by atoms with Crippen molar-refractivity contribution in [1.29, 1.82) is 0 Å². The smallest absolute Gasteiger partial charge is 0.308 e. The Labute approximate surface area is 85.2 Å². The van der Waals surface area contributed by atoms with E-state index in [0.29, 0.717) is 6.61 Å². The van der Waals surface area contributed by atoms with Crippen molar-refractivity contribution < 1.29 is 14.3 Å². The summed E-state index contributed by atoms with van der Waals surface area (Å²) in [7, 11) is 0. The molecular formula is C9H17ClO3. The second-order valence-corrected chi connectivity index (χ2v) is 3.23. The molecule has 0 bridgehead atoms. The van der Waals surface area contributed by atoms with Crippen LogP contribution in [-0.4, -0.2) is 25.3 Å². The number of carbonyl (C=O) groups excluding carboxylic acids is 1. The lowest BCUT2D eigenvalue weighted by Gasteiger charge is -2.13. The summed E-state index contributed by atoms with van der Waals surface area (Å²) in [5.41, 5.74) is 0. The Balaban J connectivity index is 0.00000144. The maximum Gasteiger partial charge on any atom is 0.308 e. The topological polar surface area (TPSA) is 35.5 Å². The Bertz CT molecular complexity index is 155. The second kappa shape index (κ2) is 6.22. The van der Waals surface area contributed by atoms with E-state index in [0.717, 1.165) is 19.4 Å². The molecule has 0 aliphatic carbocycles. The molecule has 0 aromatic carbocycles. The normalized spacial score (nSPS) is 23.4. The standard InChI is InChI=1S/C9H16O3.ClH/c1-3-7(2)9(10)12-8-4-5-11-6-8;/h7-8H,3-6H2,1-2H3;1H. The van der Waals surface area contributed by atoms with E-state index in [-0.39, 0.29) is 30.4 Å². The first kappa shape index (κ1) is 12.7. The van der Waals surface area contributed by atoms with Crippen molar-refractivity contribution in [3.63, 3.8) is 0 Å². The lowest BCUT2D eigenvalue weighted by molar-refractivity contribution is -0.153. The van der Waals surface area contributed by atoms with Gasteiger partial charge in [0, 0.05) is 6.42 Å². The third-order valence-corrected chi connectivity index (χ3v) is 2.19. The Morgan fingerprint density at radius 3 is 2.85 bits per heavy atom. The lowest BCUT2D eigenvalue weighted by atomic mass is 10.1. The molecule has 78 valence electrons. The van der Waals surface area contributed by atoms with E-state index in [9.17, 15) is 4.79 Å². The van der Waals surface area contributed by atoms with Crippen molar-refractivity contribution in [2.45, 2.75) is 32.8 Å². The fraction of sp³-hybridized carbons (Fsp3) is 0.889. The molecule has 2 atom stereocenters. The Morgan fingerprint density at radius 2 is 2.38 bits per heavy atom. The van der Waals surface area contributed by atoms with E-state index in [2.05, 4.69) is 0 Å². The summed E-state index contributed by atoms with van der Waals surface area (Å²) >= 11 is 0. The molecule has 4 heteroatoms. The van der Waals surface area contributed by atoms with Crippen LogP contribution in [0.2, 0.25) is 0 Å². The summed E-state index contributed by atoms with van der Waals surface area (Å²) in [6.07, 6.45) is 1.70. The first-order chi connectivity index (χ1) is 5.74. The third-order valence-electron chi connectivity index (χ3n) is 2.19. The van der Waals surface area contributed by atoms with Gasteiger partial charge in [-0.2, -0.15) is 0 Å². The molecule has 0 spiro atoms. The van der Waals surface area contributed by atoms with E-state index < -0.39 is 0 Å². The van der Waals surface area contributed by atoms with Crippen LogP contribution in [-0.2, 0) is 14.3 Å². The fourth-order valence-electron chi connectivity index (χ4n) is 1.05. The maximum absolute atomic E-state index is 11.3. The number of esters is 1. The van der Waals surface area contributed by atoms with Crippen molar-refractivity contribution >= 4 is 18.4 Å². The molecule has 13 heavy (non-hydrogen) atoms. The maximum atomic E-state index is 11.3. The van der Waals surface area contributed by atoms with Gasteiger partial charge in [-0.05, 0) is 6.42 Å². The van der Waals surface area contributed by atoms with Gasteiger partial charge < -0.3 is 9.47 Å². The number of hydrogen-bond donors (Lipinski definition) is 0. The molecule has 1 heterocycles. The van der Waals surface area contributed by atoms with Crippen LogP contribution in [0, 0.1) is 5.92 Å². The molecule has 0 saturated carbocycles. The highest BCUT2D eigenvalue weighted by Gasteiger charge is 2.22. The van der Waals surface area contributed by atoms with E-state index in [1.54, 1.807) is 0 Å². The van der Waals surface area contributed by atoms with Crippen molar-refractivity contribution in [2.24, 2.45) is 5.92 Å². The first-order valence-electron chi connectivity index (χ1n) is 4.52. The predicted molar refractivity (Wildman–Crippen MR) is 52.0 cm³/mol. The summed E-state index contributed by atoms with van der Waals surface area (Å²) in [4.78, 5) is 11.3. The quantitative estimate of drug-likeness (QED) is 0.664. The van der Waals surface area contributed by atoms with Gasteiger partial charge in [0.05, 0.1) is 19.1 Å². The van der Waals surface area contributed by atoms with Crippen LogP contribution in [0.4, 0.5) is 0 Å². The Kier molecular flexibility index (Phi) is 6.08. The number of rotatable bonds is 3. The average Bonchev–Trinajstić information content (AvgIpc) is 2.55. The van der Waals surface area contributed by atoms with Crippen LogP contribution in [0.3, 0.4) is 0 Å². The number of halogens is 1. The highest BCUT2D eigenvalue weighted by atomic mass is 35.5. The van der Waals surface area contributed by atoms with Gasteiger partial charge in [-0.15, -0.1) is 12.4 Å². The molecule has 3 nitrogen and oxygen atoms in total. The summed E-state index contributed by atoms with van der Waals surface area (Å²) < 4.78 is 10.3. The summed E-state index contributed by atoms with van der Waals surface area (Å²) in [6, 6.07) is 0. The zero-order valence-electron chi connectivity index (χ0n) is 8.12. The van der Waals surface area contributed by atoms with Gasteiger partial charge in [0.15, 0.2) is 0 Å². The fourth-order valence-corrected chi connectivity index (χ4v) is 1.05. The molecule has 1 rings (SSSR count). The Hall–Kier alpha value is -0.280. The molecule has 1 saturated heterocycles. The third kappa shape index (κ3) is 3.96. The SMILES string of the molecule is CCC(C)C(=O)OC1CCOC1.Cl. The largest absolute Gasteiger partial charge is 0.460 e. The van der Waals surface area contributed by atoms with Crippen molar-refractivity contribution in [2.75, 3.05) is 13.2 Å². The van der Waals surface area contributed by atoms with E-state index in [1.165, 1.54) is 0 Å². The predicted octanol–water partition coefficient (Wildman–Crippen LogP) is 1.79. The number of ether oxygens (including phenoxy) is 2. The van der Waals surface area contributed by atoms with Crippen LogP contribution in [0.5, 0.6) is 0 Å². The van der Waals surface area contributed by atoms with Gasteiger partial charge in [0.25, 0.3) is 0 Å². The highest BCUT2D eigenvalue weighted by Crippen LogP contribution is 2.12. The van der Waals surface area contributed by atoms with Crippen LogP contribution in [0.15, 0.2) is 0 Å². The lowest BCUT2D eigenvalue weighted by Crippen LogP contribution is -2.22. The molecule has 0 amide bonds. The van der Waals surface area contributed by atoms with Gasteiger partial charge >= 0.3 is 5.97 Å². The zero-order chi connectivity index (χ0) is 8.97. The monoisotopic (exact) mass is 208 g/mol. The van der Waals surface area contributed by atoms with Gasteiger partial charge in [-0.25, -0.2) is 0 Å². The summed E-state index contributed by atoms with van der Waals surface area (Å²) in [5, 5.41) is 0. The number of carbonyl (C=O) groups is 1. The van der Waals surface area contributed by atoms with Crippen molar-refractivity contribution in [1.82, 2.24) is 0 Å². The van der Waals surface area contributed by atoms with Gasteiger partial charge in [-0.1, -0.05) is 13.8 Å². The Morgan fingerprint density at radius 1 is 1.69 bits per heavy atom. The number of hydrogen-bond acceptors (Lipinski definition) is 3. The minimum absolute atomic E-state index is 0.